The van der Waals surface area contributed by atoms with Crippen molar-refractivity contribution in [2.45, 2.75) is 47.6 Å². The van der Waals surface area contributed by atoms with Crippen molar-refractivity contribution >= 4 is 31.9 Å². The highest BCUT2D eigenvalue weighted by molar-refractivity contribution is 7.89. The highest BCUT2D eigenvalue weighted by Crippen LogP contribution is 2.24. The number of piperazine rings is 1. The van der Waals surface area contributed by atoms with Crippen LogP contribution in [-0.4, -0.2) is 76.1 Å². The molecule has 0 unspecified atom stereocenters. The van der Waals surface area contributed by atoms with Gasteiger partial charge in [-0.15, -0.1) is 0 Å². The smallest absolute Gasteiger partial charge is 0.311 e. The monoisotopic (exact) mass is 456 g/mol. The summed E-state index contributed by atoms with van der Waals surface area (Å²) in [5, 5.41) is 2.63. The number of hydrogen-bond donors (Lipinski definition) is 2. The van der Waals surface area contributed by atoms with Crippen LogP contribution in [0.4, 0.5) is 0 Å². The fourth-order valence-electron chi connectivity index (χ4n) is 3.18. The molecular formula is C18H24N4O6S2. The molecular weight excluding hydrogens is 432 g/mol. The van der Waals surface area contributed by atoms with Gasteiger partial charge in [-0.3, -0.25) is 9.59 Å². The number of carbonyl (C=O) groups excluding carboxylic acids is 2. The molecule has 1 heterocycles. The van der Waals surface area contributed by atoms with Crippen molar-refractivity contribution in [3.8, 4) is 0 Å². The lowest BCUT2D eigenvalue weighted by Gasteiger charge is -2.33. The molecule has 0 aromatic heterocycles. The van der Waals surface area contributed by atoms with Gasteiger partial charge >= 0.3 is 11.8 Å². The van der Waals surface area contributed by atoms with Gasteiger partial charge in [0.2, 0.25) is 20.0 Å². The molecule has 30 heavy (non-hydrogen) atoms. The van der Waals surface area contributed by atoms with E-state index in [-0.39, 0.29) is 48.1 Å². The predicted molar refractivity (Wildman–Crippen MR) is 106 cm³/mol. The molecule has 10 nitrogen and oxygen atoms in total. The van der Waals surface area contributed by atoms with Gasteiger partial charge in [0.1, 0.15) is 0 Å². The first-order chi connectivity index (χ1) is 14.2. The van der Waals surface area contributed by atoms with Crippen LogP contribution >= 0.6 is 0 Å². The number of benzene rings is 1. The summed E-state index contributed by atoms with van der Waals surface area (Å²) < 4.78 is 54.0. The van der Waals surface area contributed by atoms with E-state index >= 15 is 0 Å². The minimum Gasteiger partial charge on any atom is -0.345 e. The van der Waals surface area contributed by atoms with Gasteiger partial charge in [-0.25, -0.2) is 21.6 Å². The van der Waals surface area contributed by atoms with Crippen LogP contribution in [0.15, 0.2) is 34.1 Å². The molecule has 2 N–H and O–H groups in total. The number of carbonyl (C=O) groups is 2. The minimum absolute atomic E-state index is 0.0147. The quantitative estimate of drug-likeness (QED) is 0.541. The zero-order chi connectivity index (χ0) is 21.5. The van der Waals surface area contributed by atoms with Gasteiger partial charge in [-0.2, -0.15) is 4.31 Å². The fourth-order valence-corrected chi connectivity index (χ4v) is 5.91. The Morgan fingerprint density at radius 2 is 1.33 bits per heavy atom. The number of rotatable bonds is 6. The number of nitrogens with zero attached hydrogens (tertiary/aromatic N) is 2. The fraction of sp³-hybridized carbons (Fsp3) is 0.556. The van der Waals surface area contributed by atoms with Crippen LogP contribution in [0.25, 0.3) is 0 Å². The summed E-state index contributed by atoms with van der Waals surface area (Å²) in [6, 6.07) is 5.15. The zero-order valence-electron chi connectivity index (χ0n) is 16.3. The SMILES string of the molecule is O=C(NC1CC1)C(=O)N1CCN(S(=O)(=O)c2ccc(S(=O)(=O)NC3CC3)cc2)CC1. The van der Waals surface area contributed by atoms with Crippen molar-refractivity contribution in [2.75, 3.05) is 26.2 Å². The van der Waals surface area contributed by atoms with Crippen LogP contribution in [-0.2, 0) is 29.6 Å². The normalized spacial score (nSPS) is 20.7. The van der Waals surface area contributed by atoms with E-state index < -0.39 is 31.9 Å². The first-order valence-electron chi connectivity index (χ1n) is 9.89. The second-order valence-corrected chi connectivity index (χ2v) is 11.5. The van der Waals surface area contributed by atoms with E-state index in [2.05, 4.69) is 10.0 Å². The van der Waals surface area contributed by atoms with Crippen molar-refractivity contribution in [1.82, 2.24) is 19.2 Å². The molecule has 0 radical (unpaired) electrons. The third-order valence-electron chi connectivity index (χ3n) is 5.30. The molecule has 3 fully saturated rings. The van der Waals surface area contributed by atoms with E-state index in [0.29, 0.717) is 0 Å². The molecule has 1 saturated heterocycles. The molecule has 0 atom stereocenters. The Bertz CT molecular complexity index is 1040. The Hall–Kier alpha value is -2.02. The van der Waals surface area contributed by atoms with Gasteiger partial charge in [-0.05, 0) is 49.9 Å². The van der Waals surface area contributed by atoms with Gasteiger partial charge in [0, 0.05) is 38.3 Å². The van der Waals surface area contributed by atoms with Crippen molar-refractivity contribution in [2.24, 2.45) is 0 Å². The van der Waals surface area contributed by atoms with Crippen molar-refractivity contribution in [1.29, 1.82) is 0 Å². The van der Waals surface area contributed by atoms with E-state index in [0.717, 1.165) is 25.7 Å². The molecule has 3 aliphatic rings. The first kappa shape index (κ1) is 21.2. The number of sulfonamides is 2. The average molecular weight is 457 g/mol. The summed E-state index contributed by atoms with van der Waals surface area (Å²) in [6.45, 7) is 0.365. The standard InChI is InChI=1S/C18H24N4O6S2/c23-17(19-13-1-2-13)18(24)21-9-11-22(12-10-21)30(27,28)16-7-5-15(6-8-16)29(25,26)20-14-3-4-14/h5-8,13-14,20H,1-4,9-12H2,(H,19,23). The lowest BCUT2D eigenvalue weighted by Crippen LogP contribution is -2.53. The van der Waals surface area contributed by atoms with Crippen LogP contribution < -0.4 is 10.0 Å². The van der Waals surface area contributed by atoms with Crippen molar-refractivity contribution in [3.63, 3.8) is 0 Å². The van der Waals surface area contributed by atoms with E-state index in [1.165, 1.54) is 33.5 Å². The highest BCUT2D eigenvalue weighted by Gasteiger charge is 2.34. The van der Waals surface area contributed by atoms with Gasteiger partial charge in [0.25, 0.3) is 0 Å². The Morgan fingerprint density at radius 1 is 0.800 bits per heavy atom. The Balaban J connectivity index is 1.38. The third-order valence-corrected chi connectivity index (χ3v) is 8.75. The van der Waals surface area contributed by atoms with Crippen molar-refractivity contribution < 1.29 is 26.4 Å². The van der Waals surface area contributed by atoms with Gasteiger partial charge in [0.05, 0.1) is 9.79 Å². The van der Waals surface area contributed by atoms with Crippen LogP contribution in [0.3, 0.4) is 0 Å². The molecule has 164 valence electrons. The van der Waals surface area contributed by atoms with Crippen LogP contribution in [0.2, 0.25) is 0 Å². The Labute approximate surface area is 175 Å². The second-order valence-electron chi connectivity index (χ2n) is 7.81. The first-order valence-corrected chi connectivity index (χ1v) is 12.8. The summed E-state index contributed by atoms with van der Waals surface area (Å²) >= 11 is 0. The lowest BCUT2D eigenvalue weighted by molar-refractivity contribution is -0.146. The van der Waals surface area contributed by atoms with Gasteiger partial charge in [0.15, 0.2) is 0 Å². The molecule has 2 amide bonds. The number of amides is 2. The molecule has 12 heteroatoms. The topological polar surface area (TPSA) is 133 Å². The zero-order valence-corrected chi connectivity index (χ0v) is 17.9. The maximum Gasteiger partial charge on any atom is 0.311 e. The number of nitrogens with one attached hydrogen (secondary N) is 2. The van der Waals surface area contributed by atoms with Gasteiger partial charge in [-0.1, -0.05) is 0 Å². The van der Waals surface area contributed by atoms with Crippen molar-refractivity contribution in [3.05, 3.63) is 24.3 Å². The molecule has 1 aromatic rings. The molecule has 1 aromatic carbocycles. The van der Waals surface area contributed by atoms with E-state index in [4.69, 9.17) is 0 Å². The summed E-state index contributed by atoms with van der Waals surface area (Å²) in [6.07, 6.45) is 3.37. The second kappa shape index (κ2) is 7.91. The van der Waals surface area contributed by atoms with Crippen LogP contribution in [0.5, 0.6) is 0 Å². The Kier molecular flexibility index (Phi) is 5.60. The van der Waals surface area contributed by atoms with Crippen LogP contribution in [0.1, 0.15) is 25.7 Å². The van der Waals surface area contributed by atoms with Gasteiger partial charge < -0.3 is 10.2 Å². The number of hydrogen-bond acceptors (Lipinski definition) is 6. The molecule has 0 spiro atoms. The largest absolute Gasteiger partial charge is 0.345 e. The lowest BCUT2D eigenvalue weighted by atomic mass is 10.3. The van der Waals surface area contributed by atoms with E-state index in [9.17, 15) is 26.4 Å². The molecule has 2 aliphatic carbocycles. The summed E-state index contributed by atoms with van der Waals surface area (Å²) in [4.78, 5) is 25.4. The molecule has 4 rings (SSSR count). The maximum atomic E-state index is 12.9. The van der Waals surface area contributed by atoms with E-state index in [1.54, 1.807) is 0 Å². The van der Waals surface area contributed by atoms with Crippen LogP contribution in [0, 0.1) is 0 Å². The summed E-state index contributed by atoms with van der Waals surface area (Å²) in [5.41, 5.74) is 0. The summed E-state index contributed by atoms with van der Waals surface area (Å²) in [7, 11) is -7.49. The minimum atomic E-state index is -3.83. The highest BCUT2D eigenvalue weighted by atomic mass is 32.2. The maximum absolute atomic E-state index is 12.9. The third kappa shape index (κ3) is 4.66. The predicted octanol–water partition coefficient (Wildman–Crippen LogP) is -0.761. The summed E-state index contributed by atoms with van der Waals surface area (Å²) in [5.74, 6) is -1.29. The molecule has 2 saturated carbocycles. The Morgan fingerprint density at radius 3 is 1.87 bits per heavy atom. The average Bonchev–Trinajstić information content (AvgIpc) is 3.65. The molecule has 0 bridgehead atoms. The van der Waals surface area contributed by atoms with E-state index in [1.807, 2.05) is 0 Å². The molecule has 1 aliphatic heterocycles.